The second-order valence-corrected chi connectivity index (χ2v) is 9.63. The molecule has 0 aromatic carbocycles. The summed E-state index contributed by atoms with van der Waals surface area (Å²) in [6.45, 7) is 6.66. The van der Waals surface area contributed by atoms with E-state index in [0.29, 0.717) is 0 Å². The van der Waals surface area contributed by atoms with Gasteiger partial charge in [0, 0.05) is 71.8 Å². The van der Waals surface area contributed by atoms with Crippen LogP contribution in [-0.2, 0) is 13.1 Å². The average Bonchev–Trinajstić information content (AvgIpc) is 2.94. The summed E-state index contributed by atoms with van der Waals surface area (Å²) >= 11 is 0. The van der Waals surface area contributed by atoms with E-state index in [4.69, 9.17) is 9.97 Å². The molecule has 0 atom stereocenters. The van der Waals surface area contributed by atoms with Crippen LogP contribution in [0.5, 0.6) is 0 Å². The molecule has 4 heteroatoms. The third-order valence-corrected chi connectivity index (χ3v) is 6.77. The van der Waals surface area contributed by atoms with Gasteiger partial charge in [-0.2, -0.15) is 0 Å². The largest absolute Gasteiger partial charge is 0.256 e. The molecule has 0 aliphatic rings. The Hall–Kier alpha value is -3.40. The zero-order chi connectivity index (χ0) is 25.0. The lowest BCUT2D eigenvalue weighted by atomic mass is 10.1. The smallest absolute Gasteiger partial charge is 0.169 e. The van der Waals surface area contributed by atoms with Crippen molar-refractivity contribution in [1.29, 1.82) is 0 Å². The summed E-state index contributed by atoms with van der Waals surface area (Å²) in [5, 5.41) is 0. The van der Waals surface area contributed by atoms with Gasteiger partial charge in [-0.1, -0.05) is 51.7 Å². The van der Waals surface area contributed by atoms with Crippen LogP contribution >= 0.6 is 0 Å². The molecule has 0 spiro atoms. The summed E-state index contributed by atoms with van der Waals surface area (Å²) in [5.74, 6) is 0. The van der Waals surface area contributed by atoms with Crippen molar-refractivity contribution in [3.63, 3.8) is 0 Å². The Labute approximate surface area is 216 Å². The molecular weight excluding hydrogens is 440 g/mol. The maximum absolute atomic E-state index is 4.73. The highest BCUT2D eigenvalue weighted by Gasteiger charge is 2.08. The van der Waals surface area contributed by atoms with E-state index < -0.39 is 0 Å². The van der Waals surface area contributed by atoms with Gasteiger partial charge in [0.15, 0.2) is 24.8 Å². The van der Waals surface area contributed by atoms with Gasteiger partial charge < -0.3 is 0 Å². The first-order chi connectivity index (χ1) is 17.8. The van der Waals surface area contributed by atoms with Gasteiger partial charge >= 0.3 is 0 Å². The van der Waals surface area contributed by atoms with E-state index in [9.17, 15) is 0 Å². The van der Waals surface area contributed by atoms with Gasteiger partial charge in [0.05, 0.1) is 11.4 Å². The molecule has 0 N–H and O–H groups in total. The van der Waals surface area contributed by atoms with Crippen LogP contribution in [0.4, 0.5) is 0 Å². The molecule has 0 saturated heterocycles. The number of rotatable bonds is 13. The summed E-state index contributed by atoms with van der Waals surface area (Å²) in [6, 6.07) is 17.1. The van der Waals surface area contributed by atoms with Gasteiger partial charge in [-0.25, -0.2) is 9.13 Å². The number of aromatic nitrogens is 4. The van der Waals surface area contributed by atoms with Crippen LogP contribution in [0.1, 0.15) is 65.2 Å². The van der Waals surface area contributed by atoms with Crippen LogP contribution in [0.15, 0.2) is 85.7 Å². The van der Waals surface area contributed by atoms with Crippen molar-refractivity contribution >= 4 is 0 Å². The Balaban J connectivity index is 1.35. The number of hydrogen-bond acceptors (Lipinski definition) is 2. The van der Waals surface area contributed by atoms with Crippen molar-refractivity contribution in [1.82, 2.24) is 9.97 Å². The maximum Gasteiger partial charge on any atom is 0.169 e. The zero-order valence-corrected chi connectivity index (χ0v) is 21.9. The fraction of sp³-hybridized carbons (Fsp3) is 0.375. The van der Waals surface area contributed by atoms with Gasteiger partial charge in [-0.3, -0.25) is 9.97 Å². The highest BCUT2D eigenvalue weighted by molar-refractivity contribution is 5.68. The van der Waals surface area contributed by atoms with Crippen molar-refractivity contribution in [3.8, 4) is 33.6 Å². The van der Waals surface area contributed by atoms with Crippen molar-refractivity contribution in [2.45, 2.75) is 78.3 Å². The first-order valence-electron chi connectivity index (χ1n) is 13.7. The Morgan fingerprint density at radius 3 is 1.22 bits per heavy atom. The summed E-state index contributed by atoms with van der Waals surface area (Å²) in [4.78, 5) is 9.46. The summed E-state index contributed by atoms with van der Waals surface area (Å²) in [5.41, 5.74) is 6.44. The topological polar surface area (TPSA) is 33.5 Å². The lowest BCUT2D eigenvalue weighted by molar-refractivity contribution is -0.697. The minimum Gasteiger partial charge on any atom is -0.256 e. The summed E-state index contributed by atoms with van der Waals surface area (Å²) in [7, 11) is 0. The molecule has 36 heavy (non-hydrogen) atoms. The second-order valence-electron chi connectivity index (χ2n) is 9.63. The monoisotopic (exact) mass is 480 g/mol. The van der Waals surface area contributed by atoms with Crippen LogP contribution in [0.2, 0.25) is 0 Å². The maximum atomic E-state index is 4.73. The standard InChI is InChI=1S/C32H40N4/c1-3-5-7-9-19-35-21-15-27(16-22-35)31-13-11-29(25-33-31)30-12-14-32(34-26-30)28-17-23-36(24-18-28)20-10-8-6-4-2/h11-18,21-26H,3-10,19-20H2,1-2H3/q+2. The van der Waals surface area contributed by atoms with Crippen LogP contribution in [-0.4, -0.2) is 9.97 Å². The molecule has 4 aromatic rings. The van der Waals surface area contributed by atoms with Crippen molar-refractivity contribution in [2.75, 3.05) is 0 Å². The average molecular weight is 481 g/mol. The molecule has 0 fully saturated rings. The number of pyridine rings is 4. The molecule has 0 unspecified atom stereocenters. The predicted molar refractivity (Wildman–Crippen MR) is 147 cm³/mol. The molecule has 0 radical (unpaired) electrons. The fourth-order valence-electron chi connectivity index (χ4n) is 4.47. The predicted octanol–water partition coefficient (Wildman–Crippen LogP) is 7.21. The Morgan fingerprint density at radius 1 is 0.472 bits per heavy atom. The number of hydrogen-bond donors (Lipinski definition) is 0. The van der Waals surface area contributed by atoms with E-state index >= 15 is 0 Å². The van der Waals surface area contributed by atoms with Gasteiger partial charge in [-0.05, 0) is 25.0 Å². The lowest BCUT2D eigenvalue weighted by Gasteiger charge is -2.06. The van der Waals surface area contributed by atoms with Crippen molar-refractivity contribution in [2.24, 2.45) is 0 Å². The van der Waals surface area contributed by atoms with E-state index in [-0.39, 0.29) is 0 Å². The molecule has 0 aliphatic carbocycles. The van der Waals surface area contributed by atoms with E-state index in [0.717, 1.165) is 46.7 Å². The molecule has 4 heterocycles. The fourth-order valence-corrected chi connectivity index (χ4v) is 4.47. The van der Waals surface area contributed by atoms with Crippen LogP contribution < -0.4 is 9.13 Å². The van der Waals surface area contributed by atoms with Crippen LogP contribution in [0.3, 0.4) is 0 Å². The van der Waals surface area contributed by atoms with E-state index in [2.05, 4.69) is 96.3 Å². The Kier molecular flexibility index (Phi) is 9.72. The van der Waals surface area contributed by atoms with Gasteiger partial charge in [-0.15, -0.1) is 0 Å². The quantitative estimate of drug-likeness (QED) is 0.150. The molecule has 0 aliphatic heterocycles. The molecule has 4 aromatic heterocycles. The molecule has 0 saturated carbocycles. The van der Waals surface area contributed by atoms with Gasteiger partial charge in [0.25, 0.3) is 0 Å². The van der Waals surface area contributed by atoms with Gasteiger partial charge in [0.2, 0.25) is 0 Å². The SMILES string of the molecule is CCCCCC[n+]1ccc(-c2ccc(-c3ccc(-c4cc[n+](CCCCCC)cc4)nc3)cn2)cc1. The Morgan fingerprint density at radius 2 is 0.889 bits per heavy atom. The minimum absolute atomic E-state index is 0.994. The molecule has 4 nitrogen and oxygen atoms in total. The number of unbranched alkanes of at least 4 members (excludes halogenated alkanes) is 6. The molecule has 186 valence electrons. The normalized spacial score (nSPS) is 11.1. The van der Waals surface area contributed by atoms with Crippen LogP contribution in [0, 0.1) is 0 Å². The minimum atomic E-state index is 0.994. The first-order valence-corrected chi connectivity index (χ1v) is 13.7. The van der Waals surface area contributed by atoms with E-state index in [1.807, 2.05) is 12.4 Å². The summed E-state index contributed by atoms with van der Waals surface area (Å²) in [6.07, 6.45) is 22.8. The lowest BCUT2D eigenvalue weighted by Crippen LogP contribution is -2.32. The molecular formula is C32H40N4+2. The molecule has 4 rings (SSSR count). The van der Waals surface area contributed by atoms with Crippen LogP contribution in [0.25, 0.3) is 33.6 Å². The summed E-state index contributed by atoms with van der Waals surface area (Å²) < 4.78 is 4.53. The third-order valence-electron chi connectivity index (χ3n) is 6.77. The highest BCUT2D eigenvalue weighted by Crippen LogP contribution is 2.24. The Bertz CT molecular complexity index is 1070. The molecule has 0 bridgehead atoms. The third kappa shape index (κ3) is 7.30. The first kappa shape index (κ1) is 25.7. The zero-order valence-electron chi connectivity index (χ0n) is 21.9. The number of aryl methyl sites for hydroxylation is 2. The molecule has 0 amide bonds. The number of nitrogens with zero attached hydrogens (tertiary/aromatic N) is 4. The van der Waals surface area contributed by atoms with E-state index in [1.165, 1.54) is 51.4 Å². The van der Waals surface area contributed by atoms with Crippen molar-refractivity contribution in [3.05, 3.63) is 85.7 Å². The van der Waals surface area contributed by atoms with E-state index in [1.54, 1.807) is 0 Å². The van der Waals surface area contributed by atoms with Gasteiger partial charge in [0.1, 0.15) is 13.1 Å². The van der Waals surface area contributed by atoms with Crippen molar-refractivity contribution < 1.29 is 9.13 Å². The second kappa shape index (κ2) is 13.6. The highest BCUT2D eigenvalue weighted by atomic mass is 14.9.